The van der Waals surface area contributed by atoms with Crippen LogP contribution in [-0.2, 0) is 16.0 Å². The number of halogens is 3. The molecule has 0 saturated heterocycles. The Morgan fingerprint density at radius 2 is 1.68 bits per heavy atom. The van der Waals surface area contributed by atoms with Crippen LogP contribution in [0.25, 0.3) is 10.9 Å². The molecule has 1 aromatic heterocycles. The summed E-state index contributed by atoms with van der Waals surface area (Å²) in [5.41, 5.74) is 1.83. The number of methoxy groups -OCH3 is 1. The van der Waals surface area contributed by atoms with E-state index in [0.29, 0.717) is 27.9 Å². The quantitative estimate of drug-likeness (QED) is 0.528. The minimum absolute atomic E-state index is 0.0397. The molecular formula is C22H20F3NO5. The van der Waals surface area contributed by atoms with E-state index in [-0.39, 0.29) is 18.6 Å². The molecule has 0 atom stereocenters. The molecule has 3 aromatic rings. The number of hydrogen-bond donors (Lipinski definition) is 0. The van der Waals surface area contributed by atoms with Gasteiger partial charge in [-0.2, -0.15) is 0 Å². The molecule has 9 heteroatoms. The van der Waals surface area contributed by atoms with Crippen molar-refractivity contribution in [1.29, 1.82) is 0 Å². The number of esters is 1. The van der Waals surface area contributed by atoms with Crippen LogP contribution in [0.1, 0.15) is 28.5 Å². The van der Waals surface area contributed by atoms with Gasteiger partial charge in [0, 0.05) is 16.6 Å². The average molecular weight is 435 g/mol. The van der Waals surface area contributed by atoms with E-state index in [2.05, 4.69) is 4.74 Å². The molecule has 1 heterocycles. The Labute approximate surface area is 176 Å². The maximum atomic E-state index is 13.2. The first-order valence-electron chi connectivity index (χ1n) is 9.38. The molecule has 0 aliphatic rings. The number of carbonyl (C=O) groups is 2. The summed E-state index contributed by atoms with van der Waals surface area (Å²) in [6, 6.07) is 9.75. The third-order valence-electron chi connectivity index (χ3n) is 4.71. The van der Waals surface area contributed by atoms with Crippen LogP contribution in [0.3, 0.4) is 0 Å². The number of fused-ring (bicyclic) bond motifs is 1. The van der Waals surface area contributed by atoms with Crippen LogP contribution in [0.2, 0.25) is 0 Å². The molecule has 0 unspecified atom stereocenters. The Kier molecular flexibility index (Phi) is 6.24. The average Bonchev–Trinajstić information content (AvgIpc) is 2.98. The highest BCUT2D eigenvalue weighted by atomic mass is 19.4. The van der Waals surface area contributed by atoms with E-state index in [0.717, 1.165) is 12.1 Å². The maximum absolute atomic E-state index is 13.2. The molecule has 31 heavy (non-hydrogen) atoms. The summed E-state index contributed by atoms with van der Waals surface area (Å²) in [5.74, 6) is -0.767. The van der Waals surface area contributed by atoms with Crippen molar-refractivity contribution in [1.82, 2.24) is 4.57 Å². The van der Waals surface area contributed by atoms with Crippen molar-refractivity contribution >= 4 is 22.8 Å². The number of aromatic nitrogens is 1. The molecule has 6 nitrogen and oxygen atoms in total. The van der Waals surface area contributed by atoms with Gasteiger partial charge in [0.2, 0.25) is 0 Å². The summed E-state index contributed by atoms with van der Waals surface area (Å²) in [6.45, 7) is 3.62. The van der Waals surface area contributed by atoms with Crippen molar-refractivity contribution in [2.75, 3.05) is 13.7 Å². The molecule has 0 spiro atoms. The zero-order valence-electron chi connectivity index (χ0n) is 17.1. The number of nitrogens with zero attached hydrogens (tertiary/aromatic N) is 1. The Balaban J connectivity index is 2.05. The van der Waals surface area contributed by atoms with E-state index < -0.39 is 24.0 Å². The van der Waals surface area contributed by atoms with Crippen LogP contribution in [0.5, 0.6) is 11.5 Å². The lowest BCUT2D eigenvalue weighted by atomic mass is 10.1. The van der Waals surface area contributed by atoms with Crippen LogP contribution >= 0.6 is 0 Å². The van der Waals surface area contributed by atoms with Gasteiger partial charge in [0.25, 0.3) is 5.91 Å². The number of alkyl halides is 3. The van der Waals surface area contributed by atoms with Crippen molar-refractivity contribution in [2.24, 2.45) is 0 Å². The SMILES string of the molecule is CCOC(=O)Cc1c(C)n(C(=O)c2ccc(OC(F)(F)F)cc2)c2ccc(OC)cc12. The second kappa shape index (κ2) is 8.71. The predicted molar refractivity (Wildman–Crippen MR) is 106 cm³/mol. The highest BCUT2D eigenvalue weighted by molar-refractivity contribution is 6.05. The van der Waals surface area contributed by atoms with Gasteiger partial charge in [0.1, 0.15) is 11.5 Å². The molecule has 0 aliphatic heterocycles. The Bertz CT molecular complexity index is 1120. The predicted octanol–water partition coefficient (Wildman–Crippen LogP) is 4.65. The second-order valence-corrected chi connectivity index (χ2v) is 6.64. The van der Waals surface area contributed by atoms with Gasteiger partial charge in [-0.1, -0.05) is 0 Å². The van der Waals surface area contributed by atoms with Crippen LogP contribution in [0, 0.1) is 6.92 Å². The Morgan fingerprint density at radius 3 is 2.26 bits per heavy atom. The van der Waals surface area contributed by atoms with Gasteiger partial charge in [-0.05, 0) is 61.9 Å². The first-order valence-corrected chi connectivity index (χ1v) is 9.38. The van der Waals surface area contributed by atoms with Gasteiger partial charge < -0.3 is 14.2 Å². The fourth-order valence-electron chi connectivity index (χ4n) is 3.36. The number of carbonyl (C=O) groups excluding carboxylic acids is 2. The maximum Gasteiger partial charge on any atom is 0.573 e. The molecule has 0 radical (unpaired) electrons. The molecular weight excluding hydrogens is 415 g/mol. The van der Waals surface area contributed by atoms with Crippen LogP contribution in [-0.4, -0.2) is 36.5 Å². The fourth-order valence-corrected chi connectivity index (χ4v) is 3.36. The van der Waals surface area contributed by atoms with Gasteiger partial charge in [0.15, 0.2) is 0 Å². The van der Waals surface area contributed by atoms with Crippen molar-refractivity contribution in [3.8, 4) is 11.5 Å². The van der Waals surface area contributed by atoms with Gasteiger partial charge in [-0.3, -0.25) is 14.2 Å². The van der Waals surface area contributed by atoms with Crippen LogP contribution in [0.4, 0.5) is 13.2 Å². The first kappa shape index (κ1) is 22.2. The van der Waals surface area contributed by atoms with Crippen LogP contribution in [0.15, 0.2) is 42.5 Å². The minimum Gasteiger partial charge on any atom is -0.497 e. The highest BCUT2D eigenvalue weighted by Crippen LogP contribution is 2.31. The normalized spacial score (nSPS) is 11.4. The summed E-state index contributed by atoms with van der Waals surface area (Å²) in [6.07, 6.45) is -4.86. The molecule has 0 N–H and O–H groups in total. The van der Waals surface area contributed by atoms with Gasteiger partial charge in [-0.25, -0.2) is 0 Å². The largest absolute Gasteiger partial charge is 0.573 e. The fraction of sp³-hybridized carbons (Fsp3) is 0.273. The standard InChI is InChI=1S/C22H20F3NO5/c1-4-30-20(27)12-17-13(2)26(19-10-9-16(29-3)11-18(17)19)21(28)14-5-7-15(8-6-14)31-22(23,24)25/h5-11H,4,12H2,1-3H3. The third kappa shape index (κ3) is 4.82. The molecule has 0 aliphatic carbocycles. The molecule has 0 fully saturated rings. The third-order valence-corrected chi connectivity index (χ3v) is 4.71. The monoisotopic (exact) mass is 435 g/mol. The summed E-state index contributed by atoms with van der Waals surface area (Å²) in [4.78, 5) is 25.3. The molecule has 0 saturated carbocycles. The van der Waals surface area contributed by atoms with Crippen molar-refractivity contribution in [3.05, 3.63) is 59.3 Å². The van der Waals surface area contributed by atoms with Gasteiger partial charge in [-0.15, -0.1) is 13.2 Å². The number of benzene rings is 2. The van der Waals surface area contributed by atoms with Crippen LogP contribution < -0.4 is 9.47 Å². The summed E-state index contributed by atoms with van der Waals surface area (Å²) >= 11 is 0. The van der Waals surface area contributed by atoms with E-state index in [1.165, 1.54) is 23.8 Å². The van der Waals surface area contributed by atoms with E-state index in [4.69, 9.17) is 9.47 Å². The number of rotatable bonds is 6. The van der Waals surface area contributed by atoms with E-state index in [1.54, 1.807) is 32.0 Å². The molecule has 3 rings (SSSR count). The van der Waals surface area contributed by atoms with Crippen molar-refractivity contribution < 1.29 is 37.0 Å². The molecule has 0 bridgehead atoms. The summed E-state index contributed by atoms with van der Waals surface area (Å²) in [5, 5.41) is 0.648. The number of ether oxygens (including phenoxy) is 3. The summed E-state index contributed by atoms with van der Waals surface area (Å²) in [7, 11) is 1.51. The van der Waals surface area contributed by atoms with Crippen molar-refractivity contribution in [2.45, 2.75) is 26.6 Å². The first-order chi connectivity index (χ1) is 14.6. The Hall–Kier alpha value is -3.49. The molecule has 0 amide bonds. The van der Waals surface area contributed by atoms with E-state index >= 15 is 0 Å². The Morgan fingerprint density at radius 1 is 1.03 bits per heavy atom. The highest BCUT2D eigenvalue weighted by Gasteiger charge is 2.31. The van der Waals surface area contributed by atoms with E-state index in [9.17, 15) is 22.8 Å². The van der Waals surface area contributed by atoms with Gasteiger partial charge in [0.05, 0.1) is 25.7 Å². The lowest BCUT2D eigenvalue weighted by molar-refractivity contribution is -0.274. The van der Waals surface area contributed by atoms with E-state index in [1.807, 2.05) is 0 Å². The van der Waals surface area contributed by atoms with Gasteiger partial charge >= 0.3 is 12.3 Å². The second-order valence-electron chi connectivity index (χ2n) is 6.64. The lowest BCUT2D eigenvalue weighted by Gasteiger charge is -2.10. The van der Waals surface area contributed by atoms with Crippen molar-refractivity contribution in [3.63, 3.8) is 0 Å². The smallest absolute Gasteiger partial charge is 0.497 e. The lowest BCUT2D eigenvalue weighted by Crippen LogP contribution is -2.17. The minimum atomic E-state index is -4.82. The zero-order chi connectivity index (χ0) is 22.8. The topological polar surface area (TPSA) is 66.8 Å². The summed E-state index contributed by atoms with van der Waals surface area (Å²) < 4.78 is 52.7. The number of hydrogen-bond acceptors (Lipinski definition) is 5. The molecule has 164 valence electrons. The molecule has 2 aromatic carbocycles. The zero-order valence-corrected chi connectivity index (χ0v) is 17.1.